The fourth-order valence-corrected chi connectivity index (χ4v) is 2.86. The highest BCUT2D eigenvalue weighted by Crippen LogP contribution is 2.13. The van der Waals surface area contributed by atoms with Crippen molar-refractivity contribution in [2.45, 2.75) is 59.7 Å². The van der Waals surface area contributed by atoms with Crippen LogP contribution >= 0.6 is 0 Å². The Balaban J connectivity index is 2.56. The van der Waals surface area contributed by atoms with Crippen molar-refractivity contribution in [3.05, 3.63) is 39.9 Å². The predicted molar refractivity (Wildman–Crippen MR) is 108 cm³/mol. The van der Waals surface area contributed by atoms with E-state index in [1.54, 1.807) is 12.1 Å². The molecule has 0 fully saturated rings. The average molecular weight is 364 g/mol. The Morgan fingerprint density at radius 1 is 1.23 bits per heavy atom. The molecule has 0 aliphatic rings. The van der Waals surface area contributed by atoms with Crippen LogP contribution < -0.4 is 10.6 Å². The molecule has 0 aromatic heterocycles. The fourth-order valence-electron chi connectivity index (χ4n) is 2.86. The molecule has 146 valence electrons. The predicted octanol–water partition coefficient (Wildman–Crippen LogP) is 3.16. The Morgan fingerprint density at radius 3 is 2.50 bits per heavy atom. The summed E-state index contributed by atoms with van der Waals surface area (Å²) in [6, 6.07) is 7.66. The van der Waals surface area contributed by atoms with Gasteiger partial charge in [0, 0.05) is 43.9 Å². The maximum Gasteiger partial charge on any atom is 0.269 e. The summed E-state index contributed by atoms with van der Waals surface area (Å²) in [7, 11) is 0. The van der Waals surface area contributed by atoms with Crippen LogP contribution in [0.5, 0.6) is 0 Å². The van der Waals surface area contributed by atoms with Gasteiger partial charge in [-0.25, -0.2) is 4.99 Å². The molecule has 0 radical (unpaired) electrons. The van der Waals surface area contributed by atoms with Gasteiger partial charge in [0.25, 0.3) is 5.69 Å². The van der Waals surface area contributed by atoms with Crippen molar-refractivity contribution >= 4 is 11.6 Å². The van der Waals surface area contributed by atoms with Crippen LogP contribution in [0.15, 0.2) is 29.3 Å². The van der Waals surface area contributed by atoms with Gasteiger partial charge in [0.15, 0.2) is 5.96 Å². The normalized spacial score (nSPS) is 12.1. The zero-order valence-electron chi connectivity index (χ0n) is 16.7. The number of nitro groups is 1. The summed E-state index contributed by atoms with van der Waals surface area (Å²) in [6.45, 7) is 13.9. The molecule has 2 N–H and O–H groups in total. The van der Waals surface area contributed by atoms with Crippen molar-refractivity contribution in [1.82, 2.24) is 15.5 Å². The minimum absolute atomic E-state index is 0.0955. The van der Waals surface area contributed by atoms with Crippen LogP contribution in [0.3, 0.4) is 0 Å². The van der Waals surface area contributed by atoms with E-state index in [0.29, 0.717) is 18.6 Å². The molecule has 7 heteroatoms. The largest absolute Gasteiger partial charge is 0.357 e. The second-order valence-corrected chi connectivity index (χ2v) is 6.83. The van der Waals surface area contributed by atoms with Crippen LogP contribution in [0, 0.1) is 10.1 Å². The lowest BCUT2D eigenvalue weighted by Crippen LogP contribution is -2.41. The van der Waals surface area contributed by atoms with Crippen LogP contribution in [0.1, 0.15) is 46.6 Å². The van der Waals surface area contributed by atoms with Crippen molar-refractivity contribution < 1.29 is 4.92 Å². The summed E-state index contributed by atoms with van der Waals surface area (Å²) in [4.78, 5) is 17.5. The van der Waals surface area contributed by atoms with E-state index in [1.807, 2.05) is 13.0 Å². The molecule has 0 amide bonds. The lowest BCUT2D eigenvalue weighted by molar-refractivity contribution is -0.384. The van der Waals surface area contributed by atoms with E-state index in [4.69, 9.17) is 0 Å². The number of guanidine groups is 1. The molecule has 0 saturated carbocycles. The number of benzene rings is 1. The monoisotopic (exact) mass is 363 g/mol. The van der Waals surface area contributed by atoms with Gasteiger partial charge in [-0.1, -0.05) is 12.1 Å². The van der Waals surface area contributed by atoms with Gasteiger partial charge in [-0.2, -0.15) is 0 Å². The maximum atomic E-state index is 10.9. The quantitative estimate of drug-likeness (QED) is 0.219. The number of hydrogen-bond donors (Lipinski definition) is 2. The molecule has 0 unspecified atom stereocenters. The number of rotatable bonds is 10. The van der Waals surface area contributed by atoms with E-state index in [0.717, 1.165) is 37.6 Å². The van der Waals surface area contributed by atoms with Crippen LogP contribution in [0.25, 0.3) is 0 Å². The first-order chi connectivity index (χ1) is 12.3. The highest BCUT2D eigenvalue weighted by molar-refractivity contribution is 5.79. The molecule has 7 nitrogen and oxygen atoms in total. The highest BCUT2D eigenvalue weighted by atomic mass is 16.6. The number of aliphatic imine (C=N–C) groups is 1. The number of nitro benzene ring substituents is 1. The minimum atomic E-state index is -0.383. The SMILES string of the molecule is CCNC(=NCc1cccc([N+](=O)[O-])c1)NCCCN(C(C)C)C(C)C. The smallest absolute Gasteiger partial charge is 0.269 e. The average Bonchev–Trinajstić information content (AvgIpc) is 2.58. The van der Waals surface area contributed by atoms with Crippen molar-refractivity contribution in [2.75, 3.05) is 19.6 Å². The number of non-ortho nitro benzene ring substituents is 1. The van der Waals surface area contributed by atoms with E-state index in [-0.39, 0.29) is 10.6 Å². The lowest BCUT2D eigenvalue weighted by atomic mass is 10.2. The summed E-state index contributed by atoms with van der Waals surface area (Å²) in [5, 5.41) is 17.4. The van der Waals surface area contributed by atoms with Gasteiger partial charge in [0.05, 0.1) is 11.5 Å². The fraction of sp³-hybridized carbons (Fsp3) is 0.632. The van der Waals surface area contributed by atoms with Gasteiger partial charge in [-0.15, -0.1) is 0 Å². The second kappa shape index (κ2) is 11.5. The highest BCUT2D eigenvalue weighted by Gasteiger charge is 2.12. The number of nitrogens with one attached hydrogen (secondary N) is 2. The standard InChI is InChI=1S/C19H33N5O2/c1-6-20-19(21-11-8-12-23(15(2)3)16(4)5)22-14-17-9-7-10-18(13-17)24(25)26/h7,9-10,13,15-16H,6,8,11-12,14H2,1-5H3,(H2,20,21,22). The first-order valence-corrected chi connectivity index (χ1v) is 9.36. The van der Waals surface area contributed by atoms with Crippen LogP contribution in [0.4, 0.5) is 5.69 Å². The van der Waals surface area contributed by atoms with Crippen LogP contribution in [-0.4, -0.2) is 47.5 Å². The number of hydrogen-bond acceptors (Lipinski definition) is 4. The molecular weight excluding hydrogens is 330 g/mol. The summed E-state index contributed by atoms with van der Waals surface area (Å²) in [5.41, 5.74) is 0.917. The van der Waals surface area contributed by atoms with E-state index in [2.05, 4.69) is 48.2 Å². The topological polar surface area (TPSA) is 82.8 Å². The van der Waals surface area contributed by atoms with E-state index < -0.39 is 0 Å². The first-order valence-electron chi connectivity index (χ1n) is 9.36. The molecule has 0 spiro atoms. The van der Waals surface area contributed by atoms with Gasteiger partial charge in [0.1, 0.15) is 0 Å². The van der Waals surface area contributed by atoms with Crippen LogP contribution in [-0.2, 0) is 6.54 Å². The zero-order chi connectivity index (χ0) is 19.5. The summed E-state index contributed by atoms with van der Waals surface area (Å²) in [6.07, 6.45) is 1.03. The third-order valence-electron chi connectivity index (χ3n) is 4.10. The van der Waals surface area contributed by atoms with Crippen LogP contribution in [0.2, 0.25) is 0 Å². The van der Waals surface area contributed by atoms with Gasteiger partial charge in [0.2, 0.25) is 0 Å². The molecule has 1 aromatic carbocycles. The Kier molecular flexibility index (Phi) is 9.65. The third kappa shape index (κ3) is 7.82. The molecule has 26 heavy (non-hydrogen) atoms. The summed E-state index contributed by atoms with van der Waals surface area (Å²) >= 11 is 0. The van der Waals surface area contributed by atoms with Gasteiger partial charge in [-0.3, -0.25) is 15.0 Å². The molecule has 0 atom stereocenters. The maximum absolute atomic E-state index is 10.9. The molecule has 0 aliphatic carbocycles. The lowest BCUT2D eigenvalue weighted by Gasteiger charge is -2.30. The minimum Gasteiger partial charge on any atom is -0.357 e. The molecule has 1 aromatic rings. The molecule has 1 rings (SSSR count). The first kappa shape index (κ1) is 21.9. The van der Waals surface area contributed by atoms with Gasteiger partial charge in [-0.05, 0) is 46.6 Å². The Hall–Kier alpha value is -2.15. The van der Waals surface area contributed by atoms with Gasteiger partial charge < -0.3 is 10.6 Å². The molecular formula is C19H33N5O2. The molecule has 0 heterocycles. The molecule has 0 aliphatic heterocycles. The van der Waals surface area contributed by atoms with Crippen molar-refractivity contribution in [1.29, 1.82) is 0 Å². The number of nitrogens with zero attached hydrogens (tertiary/aromatic N) is 3. The molecule has 0 saturated heterocycles. The summed E-state index contributed by atoms with van der Waals surface area (Å²) < 4.78 is 0. The zero-order valence-corrected chi connectivity index (χ0v) is 16.7. The summed E-state index contributed by atoms with van der Waals surface area (Å²) in [5.74, 6) is 0.736. The van der Waals surface area contributed by atoms with Crippen molar-refractivity contribution in [2.24, 2.45) is 4.99 Å². The Labute approximate surface area is 157 Å². The Bertz CT molecular complexity index is 579. The van der Waals surface area contributed by atoms with Gasteiger partial charge >= 0.3 is 0 Å². The molecule has 0 bridgehead atoms. The van der Waals surface area contributed by atoms with Crippen molar-refractivity contribution in [3.63, 3.8) is 0 Å². The van der Waals surface area contributed by atoms with Crippen molar-refractivity contribution in [3.8, 4) is 0 Å². The second-order valence-electron chi connectivity index (χ2n) is 6.83. The third-order valence-corrected chi connectivity index (χ3v) is 4.10. The van der Waals surface area contributed by atoms with E-state index in [1.165, 1.54) is 6.07 Å². The van der Waals surface area contributed by atoms with E-state index >= 15 is 0 Å². The van der Waals surface area contributed by atoms with E-state index in [9.17, 15) is 10.1 Å². The Morgan fingerprint density at radius 2 is 1.92 bits per heavy atom.